The lowest BCUT2D eigenvalue weighted by Crippen LogP contribution is -2.16. The number of hydrogen-bond acceptors (Lipinski definition) is 5. The van der Waals surface area contributed by atoms with E-state index in [0.29, 0.717) is 0 Å². The van der Waals surface area contributed by atoms with E-state index in [4.69, 9.17) is 0 Å². The van der Waals surface area contributed by atoms with Gasteiger partial charge in [0, 0.05) is 19.5 Å². The standard InChI is InChI=1S/C9H10BrN3OS/c10-8-3-7(5-15-8)4-11-2-1-9-12-6-14-13-9/h3,5-6,11H,1-2,4H2. The van der Waals surface area contributed by atoms with Crippen molar-refractivity contribution >= 4 is 27.3 Å². The van der Waals surface area contributed by atoms with E-state index in [1.165, 1.54) is 12.0 Å². The summed E-state index contributed by atoms with van der Waals surface area (Å²) in [6.07, 6.45) is 2.15. The molecule has 0 aliphatic rings. The van der Waals surface area contributed by atoms with E-state index in [2.05, 4.69) is 47.4 Å². The molecule has 0 aliphatic carbocycles. The maximum atomic E-state index is 4.64. The molecule has 0 aromatic carbocycles. The van der Waals surface area contributed by atoms with Gasteiger partial charge in [0.2, 0.25) is 6.39 Å². The SMILES string of the molecule is Brc1cc(CNCCc2ncon2)cs1. The van der Waals surface area contributed by atoms with Crippen LogP contribution in [0.15, 0.2) is 26.1 Å². The van der Waals surface area contributed by atoms with Crippen LogP contribution in [0.5, 0.6) is 0 Å². The van der Waals surface area contributed by atoms with E-state index in [1.54, 1.807) is 11.3 Å². The second-order valence-corrected chi connectivity index (χ2v) is 5.32. The summed E-state index contributed by atoms with van der Waals surface area (Å²) in [7, 11) is 0. The van der Waals surface area contributed by atoms with Crippen LogP contribution >= 0.6 is 27.3 Å². The van der Waals surface area contributed by atoms with Gasteiger partial charge in [-0.15, -0.1) is 11.3 Å². The Labute approximate surface area is 99.8 Å². The molecule has 0 fully saturated rings. The predicted molar refractivity (Wildman–Crippen MR) is 61.7 cm³/mol. The fourth-order valence-electron chi connectivity index (χ4n) is 1.17. The monoisotopic (exact) mass is 287 g/mol. The van der Waals surface area contributed by atoms with Gasteiger partial charge in [-0.1, -0.05) is 5.16 Å². The van der Waals surface area contributed by atoms with Gasteiger partial charge in [-0.2, -0.15) is 4.98 Å². The van der Waals surface area contributed by atoms with Crippen molar-refractivity contribution in [3.05, 3.63) is 33.0 Å². The third-order valence-electron chi connectivity index (χ3n) is 1.88. The zero-order chi connectivity index (χ0) is 10.5. The van der Waals surface area contributed by atoms with Crippen LogP contribution in [0.1, 0.15) is 11.4 Å². The van der Waals surface area contributed by atoms with Gasteiger partial charge in [-0.05, 0) is 32.9 Å². The molecule has 80 valence electrons. The van der Waals surface area contributed by atoms with Crippen LogP contribution in [0.2, 0.25) is 0 Å². The molecule has 2 aromatic rings. The van der Waals surface area contributed by atoms with Crippen LogP contribution in [0.25, 0.3) is 0 Å². The number of aromatic nitrogens is 2. The molecule has 0 amide bonds. The maximum Gasteiger partial charge on any atom is 0.213 e. The molecule has 0 bridgehead atoms. The lowest BCUT2D eigenvalue weighted by Gasteiger charge is -1.99. The average Bonchev–Trinajstić information content (AvgIpc) is 2.84. The molecule has 2 rings (SSSR count). The third kappa shape index (κ3) is 3.40. The number of thiophene rings is 1. The minimum absolute atomic E-state index is 0.744. The van der Waals surface area contributed by atoms with Gasteiger partial charge >= 0.3 is 0 Å². The first kappa shape index (κ1) is 10.8. The molecule has 0 spiro atoms. The van der Waals surface area contributed by atoms with Gasteiger partial charge < -0.3 is 9.84 Å². The molecule has 1 N–H and O–H groups in total. The van der Waals surface area contributed by atoms with E-state index in [9.17, 15) is 0 Å². The summed E-state index contributed by atoms with van der Waals surface area (Å²) >= 11 is 5.13. The lowest BCUT2D eigenvalue weighted by atomic mass is 10.3. The first-order valence-corrected chi connectivity index (χ1v) is 6.21. The smallest absolute Gasteiger partial charge is 0.213 e. The highest BCUT2D eigenvalue weighted by molar-refractivity contribution is 9.11. The van der Waals surface area contributed by atoms with Gasteiger partial charge in [-0.25, -0.2) is 0 Å². The van der Waals surface area contributed by atoms with Crippen molar-refractivity contribution in [2.24, 2.45) is 0 Å². The summed E-state index contributed by atoms with van der Waals surface area (Å²) < 4.78 is 5.80. The highest BCUT2D eigenvalue weighted by Crippen LogP contribution is 2.20. The van der Waals surface area contributed by atoms with Crippen molar-refractivity contribution in [2.75, 3.05) is 6.54 Å². The average molecular weight is 288 g/mol. The molecular formula is C9H10BrN3OS. The fraction of sp³-hybridized carbons (Fsp3) is 0.333. The minimum Gasteiger partial charge on any atom is -0.343 e. The van der Waals surface area contributed by atoms with Crippen LogP contribution in [-0.4, -0.2) is 16.7 Å². The highest BCUT2D eigenvalue weighted by atomic mass is 79.9. The number of halogens is 1. The van der Waals surface area contributed by atoms with Crippen molar-refractivity contribution in [3.63, 3.8) is 0 Å². The summed E-state index contributed by atoms with van der Waals surface area (Å²) in [5, 5.41) is 9.18. The van der Waals surface area contributed by atoms with Crippen molar-refractivity contribution in [1.29, 1.82) is 0 Å². The Morgan fingerprint density at radius 3 is 3.13 bits per heavy atom. The van der Waals surface area contributed by atoms with Gasteiger partial charge in [0.05, 0.1) is 3.79 Å². The number of hydrogen-bond donors (Lipinski definition) is 1. The Morgan fingerprint density at radius 1 is 1.53 bits per heavy atom. The van der Waals surface area contributed by atoms with Gasteiger partial charge in [0.1, 0.15) is 0 Å². The molecule has 0 saturated heterocycles. The molecule has 15 heavy (non-hydrogen) atoms. The molecule has 2 aromatic heterocycles. The van der Waals surface area contributed by atoms with E-state index in [0.717, 1.165) is 29.1 Å². The van der Waals surface area contributed by atoms with E-state index in [1.807, 2.05) is 0 Å². The molecule has 0 saturated carbocycles. The molecular weight excluding hydrogens is 278 g/mol. The zero-order valence-corrected chi connectivity index (χ0v) is 10.3. The van der Waals surface area contributed by atoms with E-state index in [-0.39, 0.29) is 0 Å². The van der Waals surface area contributed by atoms with Crippen LogP contribution in [0, 0.1) is 0 Å². The second kappa shape index (κ2) is 5.39. The first-order valence-electron chi connectivity index (χ1n) is 4.53. The molecule has 2 heterocycles. The Balaban J connectivity index is 1.67. The molecule has 0 atom stereocenters. The molecule has 0 radical (unpaired) electrons. The van der Waals surface area contributed by atoms with Crippen LogP contribution in [-0.2, 0) is 13.0 Å². The van der Waals surface area contributed by atoms with E-state index >= 15 is 0 Å². The minimum atomic E-state index is 0.744. The van der Waals surface area contributed by atoms with Crippen molar-refractivity contribution in [1.82, 2.24) is 15.5 Å². The number of rotatable bonds is 5. The molecule has 0 unspecified atom stereocenters. The predicted octanol–water partition coefficient (Wildman–Crippen LogP) is 2.23. The van der Waals surface area contributed by atoms with Gasteiger partial charge in [0.15, 0.2) is 5.82 Å². The summed E-state index contributed by atoms with van der Waals surface area (Å²) in [6, 6.07) is 2.12. The summed E-state index contributed by atoms with van der Waals surface area (Å²) in [5.74, 6) is 0.744. The second-order valence-electron chi connectivity index (χ2n) is 3.03. The Hall–Kier alpha value is -0.720. The molecule has 0 aliphatic heterocycles. The summed E-state index contributed by atoms with van der Waals surface area (Å²) in [5.41, 5.74) is 1.29. The van der Waals surface area contributed by atoms with Crippen molar-refractivity contribution in [2.45, 2.75) is 13.0 Å². The maximum absolute atomic E-state index is 4.64. The Morgan fingerprint density at radius 2 is 2.47 bits per heavy atom. The fourth-order valence-corrected chi connectivity index (χ4v) is 2.38. The lowest BCUT2D eigenvalue weighted by molar-refractivity contribution is 0.409. The number of nitrogens with zero attached hydrogens (tertiary/aromatic N) is 2. The third-order valence-corrected chi connectivity index (χ3v) is 3.44. The van der Waals surface area contributed by atoms with Crippen LogP contribution in [0.4, 0.5) is 0 Å². The first-order chi connectivity index (χ1) is 7.34. The molecule has 6 heteroatoms. The molecule has 4 nitrogen and oxygen atoms in total. The van der Waals surface area contributed by atoms with Crippen molar-refractivity contribution in [3.8, 4) is 0 Å². The van der Waals surface area contributed by atoms with Crippen molar-refractivity contribution < 1.29 is 4.52 Å². The Kier molecular flexibility index (Phi) is 3.87. The van der Waals surface area contributed by atoms with E-state index < -0.39 is 0 Å². The van der Waals surface area contributed by atoms with Gasteiger partial charge in [0.25, 0.3) is 0 Å². The largest absolute Gasteiger partial charge is 0.343 e. The summed E-state index contributed by atoms with van der Waals surface area (Å²) in [6.45, 7) is 1.73. The highest BCUT2D eigenvalue weighted by Gasteiger charge is 1.99. The zero-order valence-electron chi connectivity index (χ0n) is 7.94. The summed E-state index contributed by atoms with van der Waals surface area (Å²) in [4.78, 5) is 3.94. The van der Waals surface area contributed by atoms with Gasteiger partial charge in [-0.3, -0.25) is 0 Å². The van der Waals surface area contributed by atoms with Crippen LogP contribution in [0.3, 0.4) is 0 Å². The quantitative estimate of drug-likeness (QED) is 0.857. The normalized spacial score (nSPS) is 10.7. The Bertz CT molecular complexity index is 401. The van der Waals surface area contributed by atoms with Crippen LogP contribution < -0.4 is 5.32 Å². The number of nitrogens with one attached hydrogen (secondary N) is 1. The topological polar surface area (TPSA) is 51.0 Å².